The van der Waals surface area contributed by atoms with Crippen molar-refractivity contribution in [1.29, 1.82) is 0 Å². The second-order valence-corrected chi connectivity index (χ2v) is 4.20. The molecule has 1 aliphatic heterocycles. The predicted molar refractivity (Wildman–Crippen MR) is 61.7 cm³/mol. The number of hydrogen-bond acceptors (Lipinski definition) is 4. The van der Waals surface area contributed by atoms with Gasteiger partial charge in [-0.2, -0.15) is 0 Å². The van der Waals surface area contributed by atoms with Crippen LogP contribution in [-0.2, 0) is 14.3 Å². The fourth-order valence-corrected chi connectivity index (χ4v) is 1.76. The first-order valence-electron chi connectivity index (χ1n) is 5.93. The molecule has 0 atom stereocenters. The lowest BCUT2D eigenvalue weighted by Crippen LogP contribution is -2.57. The fraction of sp³-hybridized carbons (Fsp3) is 0.818. The third-order valence-corrected chi connectivity index (χ3v) is 2.92. The molecule has 0 aromatic heterocycles. The van der Waals surface area contributed by atoms with Crippen molar-refractivity contribution in [2.75, 3.05) is 26.3 Å². The second-order valence-electron chi connectivity index (χ2n) is 4.20. The van der Waals surface area contributed by atoms with E-state index in [4.69, 9.17) is 4.74 Å². The minimum absolute atomic E-state index is 0.0340. The van der Waals surface area contributed by atoms with Crippen molar-refractivity contribution in [1.82, 2.24) is 10.6 Å². The smallest absolute Gasteiger partial charge is 0.324 e. The van der Waals surface area contributed by atoms with Gasteiger partial charge in [0.2, 0.25) is 5.91 Å². The summed E-state index contributed by atoms with van der Waals surface area (Å²) in [7, 11) is 0. The van der Waals surface area contributed by atoms with Crippen LogP contribution in [-0.4, -0.2) is 48.8 Å². The van der Waals surface area contributed by atoms with Gasteiger partial charge in [-0.25, -0.2) is 0 Å². The van der Waals surface area contributed by atoms with Crippen LogP contribution in [0, 0.1) is 0 Å². The largest absolute Gasteiger partial charge is 0.480 e. The number of carbonyl (C=O) groups excluding carboxylic acids is 1. The van der Waals surface area contributed by atoms with E-state index in [0.29, 0.717) is 32.6 Å². The summed E-state index contributed by atoms with van der Waals surface area (Å²) in [6.45, 7) is 3.44. The average Bonchev–Trinajstić information content (AvgIpc) is 2.34. The van der Waals surface area contributed by atoms with Crippen LogP contribution >= 0.6 is 0 Å². The molecule has 1 saturated heterocycles. The lowest BCUT2D eigenvalue weighted by Gasteiger charge is -2.33. The van der Waals surface area contributed by atoms with E-state index in [2.05, 4.69) is 10.6 Å². The maximum Gasteiger partial charge on any atom is 0.324 e. The molecule has 3 N–H and O–H groups in total. The third kappa shape index (κ3) is 3.98. The highest BCUT2D eigenvalue weighted by Gasteiger charge is 2.39. The van der Waals surface area contributed by atoms with Gasteiger partial charge in [0.25, 0.3) is 0 Å². The van der Waals surface area contributed by atoms with Crippen molar-refractivity contribution in [3.63, 3.8) is 0 Å². The van der Waals surface area contributed by atoms with Gasteiger partial charge in [0, 0.05) is 19.8 Å². The second kappa shape index (κ2) is 6.56. The maximum atomic E-state index is 11.4. The molecule has 1 aliphatic rings. The van der Waals surface area contributed by atoms with Gasteiger partial charge in [-0.1, -0.05) is 6.92 Å². The highest BCUT2D eigenvalue weighted by molar-refractivity contribution is 5.82. The molecule has 1 fully saturated rings. The van der Waals surface area contributed by atoms with E-state index in [-0.39, 0.29) is 12.5 Å². The lowest BCUT2D eigenvalue weighted by molar-refractivity contribution is -0.149. The van der Waals surface area contributed by atoms with Crippen LogP contribution in [0.3, 0.4) is 0 Å². The number of hydrogen-bond donors (Lipinski definition) is 3. The average molecular weight is 244 g/mol. The van der Waals surface area contributed by atoms with Crippen molar-refractivity contribution < 1.29 is 19.4 Å². The van der Waals surface area contributed by atoms with Crippen LogP contribution in [0.2, 0.25) is 0 Å². The van der Waals surface area contributed by atoms with Crippen molar-refractivity contribution in [3.05, 3.63) is 0 Å². The molecule has 98 valence electrons. The van der Waals surface area contributed by atoms with E-state index in [1.165, 1.54) is 0 Å². The van der Waals surface area contributed by atoms with Gasteiger partial charge in [-0.3, -0.25) is 14.9 Å². The molecule has 0 aromatic rings. The van der Waals surface area contributed by atoms with Crippen molar-refractivity contribution in [2.24, 2.45) is 0 Å². The number of nitrogens with one attached hydrogen (secondary N) is 2. The summed E-state index contributed by atoms with van der Waals surface area (Å²) in [6.07, 6.45) is 1.65. The fourth-order valence-electron chi connectivity index (χ4n) is 1.76. The van der Waals surface area contributed by atoms with E-state index >= 15 is 0 Å². The van der Waals surface area contributed by atoms with Gasteiger partial charge in [0.1, 0.15) is 5.54 Å². The number of rotatable bonds is 6. The van der Waals surface area contributed by atoms with Gasteiger partial charge < -0.3 is 15.2 Å². The first-order chi connectivity index (χ1) is 8.10. The first kappa shape index (κ1) is 13.9. The first-order valence-corrected chi connectivity index (χ1v) is 5.93. The Balaban J connectivity index is 2.44. The molecule has 6 nitrogen and oxygen atoms in total. The normalized spacial score (nSPS) is 18.6. The summed E-state index contributed by atoms with van der Waals surface area (Å²) in [5, 5.41) is 14.8. The number of carboxylic acid groups (broad SMARTS) is 1. The Labute approximate surface area is 101 Å². The van der Waals surface area contributed by atoms with Gasteiger partial charge in [0.05, 0.1) is 6.54 Å². The number of aliphatic carboxylic acids is 1. The topological polar surface area (TPSA) is 87.7 Å². The number of ether oxygens (including phenoxy) is 1. The van der Waals surface area contributed by atoms with Crippen molar-refractivity contribution in [3.8, 4) is 0 Å². The minimum atomic E-state index is -1.01. The van der Waals surface area contributed by atoms with E-state index in [1.54, 1.807) is 0 Å². The zero-order valence-electron chi connectivity index (χ0n) is 10.1. The number of carboxylic acids is 1. The molecule has 17 heavy (non-hydrogen) atoms. The molecule has 6 heteroatoms. The highest BCUT2D eigenvalue weighted by atomic mass is 16.5. The van der Waals surface area contributed by atoms with Gasteiger partial charge in [0.15, 0.2) is 0 Å². The molecule has 0 aliphatic carbocycles. The Bertz CT molecular complexity index is 275. The van der Waals surface area contributed by atoms with Crippen LogP contribution in [0.4, 0.5) is 0 Å². The lowest BCUT2D eigenvalue weighted by atomic mass is 9.90. The van der Waals surface area contributed by atoms with Crippen LogP contribution in [0.5, 0.6) is 0 Å². The van der Waals surface area contributed by atoms with E-state index < -0.39 is 11.5 Å². The molecule has 1 rings (SSSR count). The van der Waals surface area contributed by atoms with E-state index in [1.807, 2.05) is 6.92 Å². The molecule has 0 saturated carbocycles. The van der Waals surface area contributed by atoms with Crippen LogP contribution in [0.15, 0.2) is 0 Å². The molecule has 0 radical (unpaired) electrons. The van der Waals surface area contributed by atoms with Crippen molar-refractivity contribution >= 4 is 11.9 Å². The summed E-state index contributed by atoms with van der Waals surface area (Å²) in [4.78, 5) is 22.7. The Kier molecular flexibility index (Phi) is 5.37. The Morgan fingerprint density at radius 1 is 1.35 bits per heavy atom. The van der Waals surface area contributed by atoms with Crippen LogP contribution in [0.25, 0.3) is 0 Å². The monoisotopic (exact) mass is 244 g/mol. The van der Waals surface area contributed by atoms with E-state index in [0.717, 1.165) is 6.42 Å². The molecule has 1 amide bonds. The molecule has 0 unspecified atom stereocenters. The predicted octanol–water partition coefficient (Wildman–Crippen LogP) is -0.264. The Hall–Kier alpha value is -1.14. The zero-order chi connectivity index (χ0) is 12.7. The SMILES string of the molecule is CCCNC(=O)CNC1(C(=O)O)CCOCC1. The Morgan fingerprint density at radius 3 is 2.53 bits per heavy atom. The summed E-state index contributed by atoms with van der Waals surface area (Å²) in [6, 6.07) is 0. The van der Waals surface area contributed by atoms with Crippen molar-refractivity contribution in [2.45, 2.75) is 31.7 Å². The quantitative estimate of drug-likeness (QED) is 0.599. The number of carbonyl (C=O) groups is 2. The molecular formula is C11H20N2O4. The summed E-state index contributed by atoms with van der Waals surface area (Å²) >= 11 is 0. The van der Waals surface area contributed by atoms with Gasteiger partial charge >= 0.3 is 5.97 Å². The van der Waals surface area contributed by atoms with Gasteiger partial charge in [-0.15, -0.1) is 0 Å². The molecular weight excluding hydrogens is 224 g/mol. The maximum absolute atomic E-state index is 11.4. The van der Waals surface area contributed by atoms with Gasteiger partial charge in [-0.05, 0) is 19.3 Å². The molecule has 1 heterocycles. The zero-order valence-corrected chi connectivity index (χ0v) is 10.1. The standard InChI is InChI=1S/C11H20N2O4/c1-2-5-12-9(14)8-13-11(10(15)16)3-6-17-7-4-11/h13H,2-8H2,1H3,(H,12,14)(H,15,16). The van der Waals surface area contributed by atoms with E-state index in [9.17, 15) is 14.7 Å². The summed E-state index contributed by atoms with van der Waals surface area (Å²) in [5.41, 5.74) is -1.01. The molecule has 0 spiro atoms. The number of amides is 1. The molecule has 0 aromatic carbocycles. The summed E-state index contributed by atoms with van der Waals surface area (Å²) < 4.78 is 5.14. The third-order valence-electron chi connectivity index (χ3n) is 2.92. The Morgan fingerprint density at radius 2 is 2.00 bits per heavy atom. The van der Waals surface area contributed by atoms with Crippen LogP contribution < -0.4 is 10.6 Å². The van der Waals surface area contributed by atoms with Crippen LogP contribution in [0.1, 0.15) is 26.2 Å². The molecule has 0 bridgehead atoms. The highest BCUT2D eigenvalue weighted by Crippen LogP contribution is 2.20. The summed E-state index contributed by atoms with van der Waals surface area (Å²) in [5.74, 6) is -1.08. The minimum Gasteiger partial charge on any atom is -0.480 e.